The zero-order valence-corrected chi connectivity index (χ0v) is 17.0. The van der Waals surface area contributed by atoms with E-state index in [9.17, 15) is 0 Å². The van der Waals surface area contributed by atoms with Crippen LogP contribution >= 0.6 is 12.2 Å². The maximum atomic E-state index is 6.09. The van der Waals surface area contributed by atoms with Gasteiger partial charge in [-0.2, -0.15) is 0 Å². The molecule has 2 aromatic heterocycles. The molecule has 0 saturated carbocycles. The molecule has 0 unspecified atom stereocenters. The summed E-state index contributed by atoms with van der Waals surface area (Å²) in [5.74, 6) is 1.54. The zero-order chi connectivity index (χ0) is 19.3. The molecule has 1 aliphatic heterocycles. The standard InChI is InChI=1S/C21H26N4O2S/c1-2-24-20(19-9-6-14-26-19)22-25(21(24)28)16-23-12-10-18(11-13-23)27-15-17-7-4-3-5-8-17/h3-9,14,18H,2,10-13,15-16H2,1H3. The van der Waals surface area contributed by atoms with Gasteiger partial charge in [-0.3, -0.25) is 9.47 Å². The summed E-state index contributed by atoms with van der Waals surface area (Å²) in [6.07, 6.45) is 4.04. The highest BCUT2D eigenvalue weighted by atomic mass is 32.1. The maximum absolute atomic E-state index is 6.09. The van der Waals surface area contributed by atoms with E-state index < -0.39 is 0 Å². The molecule has 0 radical (unpaired) electrons. The van der Waals surface area contributed by atoms with Gasteiger partial charge in [-0.1, -0.05) is 30.3 Å². The average molecular weight is 399 g/mol. The lowest BCUT2D eigenvalue weighted by Gasteiger charge is -2.31. The molecular weight excluding hydrogens is 372 g/mol. The fourth-order valence-electron chi connectivity index (χ4n) is 3.60. The predicted molar refractivity (Wildman–Crippen MR) is 110 cm³/mol. The number of hydrogen-bond acceptors (Lipinski definition) is 5. The molecule has 1 saturated heterocycles. The number of rotatable bonds is 7. The van der Waals surface area contributed by atoms with Gasteiger partial charge < -0.3 is 9.15 Å². The lowest BCUT2D eigenvalue weighted by atomic mass is 10.1. The summed E-state index contributed by atoms with van der Waals surface area (Å²) in [6, 6.07) is 14.1. The van der Waals surface area contributed by atoms with Gasteiger partial charge >= 0.3 is 0 Å². The molecule has 1 fully saturated rings. The Hall–Kier alpha value is -2.22. The first-order valence-electron chi connectivity index (χ1n) is 9.84. The minimum atomic E-state index is 0.316. The van der Waals surface area contributed by atoms with Crippen molar-refractivity contribution in [1.29, 1.82) is 0 Å². The van der Waals surface area contributed by atoms with E-state index >= 15 is 0 Å². The first-order valence-corrected chi connectivity index (χ1v) is 10.2. The van der Waals surface area contributed by atoms with E-state index in [1.165, 1.54) is 5.56 Å². The Morgan fingerprint density at radius 3 is 2.61 bits per heavy atom. The molecule has 3 heterocycles. The van der Waals surface area contributed by atoms with Crippen molar-refractivity contribution in [3.63, 3.8) is 0 Å². The van der Waals surface area contributed by atoms with Crippen molar-refractivity contribution < 1.29 is 9.15 Å². The molecule has 148 valence electrons. The van der Waals surface area contributed by atoms with Crippen LogP contribution < -0.4 is 0 Å². The molecule has 0 aliphatic carbocycles. The van der Waals surface area contributed by atoms with Crippen molar-refractivity contribution in [2.45, 2.75) is 45.7 Å². The number of aromatic nitrogens is 3. The summed E-state index contributed by atoms with van der Waals surface area (Å²) in [5, 5.41) is 4.72. The smallest absolute Gasteiger partial charge is 0.199 e. The highest BCUT2D eigenvalue weighted by Gasteiger charge is 2.21. The third-order valence-electron chi connectivity index (χ3n) is 5.18. The van der Waals surface area contributed by atoms with Crippen LogP contribution in [0.25, 0.3) is 11.6 Å². The van der Waals surface area contributed by atoms with Crippen molar-refractivity contribution in [3.8, 4) is 11.6 Å². The Kier molecular flexibility index (Phi) is 6.04. The molecule has 4 rings (SSSR count). The highest BCUT2D eigenvalue weighted by molar-refractivity contribution is 7.71. The summed E-state index contributed by atoms with van der Waals surface area (Å²) in [4.78, 5) is 2.39. The first-order chi connectivity index (χ1) is 13.7. The molecule has 0 N–H and O–H groups in total. The molecule has 0 bridgehead atoms. The van der Waals surface area contributed by atoms with Crippen molar-refractivity contribution >= 4 is 12.2 Å². The van der Waals surface area contributed by atoms with E-state index in [1.54, 1.807) is 6.26 Å². The van der Waals surface area contributed by atoms with Gasteiger partial charge in [0.05, 0.1) is 25.6 Å². The minimum Gasteiger partial charge on any atom is -0.461 e. The molecule has 1 aliphatic rings. The topological polar surface area (TPSA) is 48.4 Å². The summed E-state index contributed by atoms with van der Waals surface area (Å²) >= 11 is 5.64. The van der Waals surface area contributed by atoms with E-state index in [-0.39, 0.29) is 0 Å². The summed E-state index contributed by atoms with van der Waals surface area (Å²) in [6.45, 7) is 6.19. The van der Waals surface area contributed by atoms with Crippen LogP contribution in [0.15, 0.2) is 53.1 Å². The van der Waals surface area contributed by atoms with Crippen LogP contribution in [0.5, 0.6) is 0 Å². The molecule has 7 heteroatoms. The highest BCUT2D eigenvalue weighted by Crippen LogP contribution is 2.20. The summed E-state index contributed by atoms with van der Waals surface area (Å²) < 4.78 is 16.3. The molecule has 6 nitrogen and oxygen atoms in total. The molecule has 3 aromatic rings. The SMILES string of the molecule is CCn1c(-c2ccco2)nn(CN2CCC(OCc3ccccc3)CC2)c1=S. The van der Waals surface area contributed by atoms with Crippen molar-refractivity contribution in [2.75, 3.05) is 13.1 Å². The Morgan fingerprint density at radius 1 is 1.14 bits per heavy atom. The normalized spacial score (nSPS) is 15.9. The number of likely N-dealkylation sites (tertiary alicyclic amines) is 1. The lowest BCUT2D eigenvalue weighted by molar-refractivity contribution is -0.00919. The number of benzene rings is 1. The monoisotopic (exact) mass is 398 g/mol. The molecule has 1 aromatic carbocycles. The Labute approximate surface area is 170 Å². The molecule has 28 heavy (non-hydrogen) atoms. The van der Waals surface area contributed by atoms with E-state index in [1.807, 2.05) is 27.4 Å². The van der Waals surface area contributed by atoms with Crippen LogP contribution in [-0.2, 0) is 24.6 Å². The predicted octanol–water partition coefficient (Wildman–Crippen LogP) is 4.33. The van der Waals surface area contributed by atoms with E-state index in [4.69, 9.17) is 26.5 Å². The van der Waals surface area contributed by atoms with Gasteiger partial charge in [0.2, 0.25) is 0 Å². The summed E-state index contributed by atoms with van der Waals surface area (Å²) in [5.41, 5.74) is 1.23. The Morgan fingerprint density at radius 2 is 1.93 bits per heavy atom. The lowest BCUT2D eigenvalue weighted by Crippen LogP contribution is -2.38. The number of furan rings is 1. The van der Waals surface area contributed by atoms with Gasteiger partial charge in [-0.25, -0.2) is 4.68 Å². The molecule has 0 spiro atoms. The van der Waals surface area contributed by atoms with E-state index in [0.29, 0.717) is 19.4 Å². The fourth-order valence-corrected chi connectivity index (χ4v) is 3.92. The summed E-state index contributed by atoms with van der Waals surface area (Å²) in [7, 11) is 0. The van der Waals surface area contributed by atoms with Crippen LogP contribution in [-0.4, -0.2) is 38.4 Å². The number of nitrogens with zero attached hydrogens (tertiary/aromatic N) is 4. The van der Waals surface area contributed by atoms with Gasteiger partial charge in [0.25, 0.3) is 0 Å². The Balaban J connectivity index is 1.34. The fraction of sp³-hybridized carbons (Fsp3) is 0.429. The van der Waals surface area contributed by atoms with Gasteiger partial charge in [0, 0.05) is 19.6 Å². The molecule has 0 amide bonds. The van der Waals surface area contributed by atoms with E-state index in [0.717, 1.165) is 48.8 Å². The average Bonchev–Trinajstić information content (AvgIpc) is 3.37. The number of hydrogen-bond donors (Lipinski definition) is 0. The minimum absolute atomic E-state index is 0.316. The molecular formula is C21H26N4O2S. The number of piperidine rings is 1. The third-order valence-corrected chi connectivity index (χ3v) is 5.61. The van der Waals surface area contributed by atoms with Crippen molar-refractivity contribution in [3.05, 3.63) is 59.1 Å². The maximum Gasteiger partial charge on any atom is 0.199 e. The van der Waals surface area contributed by atoms with Crippen LogP contribution in [0.2, 0.25) is 0 Å². The van der Waals surface area contributed by atoms with Gasteiger partial charge in [-0.05, 0) is 49.7 Å². The third kappa shape index (κ3) is 4.27. The number of ether oxygens (including phenoxy) is 1. The zero-order valence-electron chi connectivity index (χ0n) is 16.2. The second-order valence-electron chi connectivity index (χ2n) is 7.08. The first kappa shape index (κ1) is 19.1. The Bertz CT molecular complexity index is 925. The van der Waals surface area contributed by atoms with Crippen LogP contribution in [0.4, 0.5) is 0 Å². The van der Waals surface area contributed by atoms with E-state index in [2.05, 4.69) is 36.1 Å². The molecule has 0 atom stereocenters. The van der Waals surface area contributed by atoms with Gasteiger partial charge in [0.15, 0.2) is 16.4 Å². The largest absolute Gasteiger partial charge is 0.461 e. The van der Waals surface area contributed by atoms with Crippen molar-refractivity contribution in [2.24, 2.45) is 0 Å². The van der Waals surface area contributed by atoms with Gasteiger partial charge in [-0.15, -0.1) is 5.10 Å². The van der Waals surface area contributed by atoms with Crippen molar-refractivity contribution in [1.82, 2.24) is 19.2 Å². The second-order valence-corrected chi connectivity index (χ2v) is 7.45. The van der Waals surface area contributed by atoms with Gasteiger partial charge in [0.1, 0.15) is 0 Å². The quantitative estimate of drug-likeness (QED) is 0.554. The van der Waals surface area contributed by atoms with Crippen LogP contribution in [0, 0.1) is 4.77 Å². The van der Waals surface area contributed by atoms with Crippen LogP contribution in [0.1, 0.15) is 25.3 Å². The van der Waals surface area contributed by atoms with Crippen LogP contribution in [0.3, 0.4) is 0 Å². The second kappa shape index (κ2) is 8.86.